The topological polar surface area (TPSA) is 81.0 Å². The molecule has 2 aromatic carbocycles. The predicted octanol–water partition coefficient (Wildman–Crippen LogP) is 4.46. The fourth-order valence-electron chi connectivity index (χ4n) is 2.23. The second-order valence-electron chi connectivity index (χ2n) is 5.39. The van der Waals surface area contributed by atoms with E-state index in [1.807, 2.05) is 61.5 Å². The second-order valence-corrected chi connectivity index (χ2v) is 6.45. The van der Waals surface area contributed by atoms with Crippen molar-refractivity contribution < 1.29 is 4.92 Å². The first kappa shape index (κ1) is 16.9. The fourth-order valence-corrected chi connectivity index (χ4v) is 3.09. The van der Waals surface area contributed by atoms with Crippen LogP contribution in [0.25, 0.3) is 0 Å². The number of rotatable bonds is 6. The lowest BCUT2D eigenvalue weighted by Crippen LogP contribution is -2.06. The maximum absolute atomic E-state index is 11.6. The third-order valence-corrected chi connectivity index (χ3v) is 4.51. The Labute approximate surface area is 149 Å². The summed E-state index contributed by atoms with van der Waals surface area (Å²) in [5, 5.41) is 14.9. The minimum Gasteiger partial charge on any atom is -0.360 e. The van der Waals surface area contributed by atoms with E-state index >= 15 is 0 Å². The van der Waals surface area contributed by atoms with Gasteiger partial charge in [-0.05, 0) is 24.6 Å². The van der Waals surface area contributed by atoms with Gasteiger partial charge in [-0.2, -0.15) is 0 Å². The van der Waals surface area contributed by atoms with Crippen LogP contribution < -0.4 is 5.32 Å². The van der Waals surface area contributed by atoms with Gasteiger partial charge in [-0.1, -0.05) is 59.8 Å². The first-order chi connectivity index (χ1) is 12.1. The Kier molecular flexibility index (Phi) is 5.25. The zero-order chi connectivity index (χ0) is 17.6. The Morgan fingerprint density at radius 2 is 1.80 bits per heavy atom. The molecule has 126 valence electrons. The van der Waals surface area contributed by atoms with Crippen LogP contribution in [0.1, 0.15) is 11.1 Å². The van der Waals surface area contributed by atoms with Crippen LogP contribution in [0.2, 0.25) is 0 Å². The molecule has 0 aliphatic carbocycles. The van der Waals surface area contributed by atoms with Crippen molar-refractivity contribution in [1.29, 1.82) is 0 Å². The summed E-state index contributed by atoms with van der Waals surface area (Å²) < 4.78 is 0. The minimum atomic E-state index is -0.441. The number of hydrogen-bond acceptors (Lipinski definition) is 6. The van der Waals surface area contributed by atoms with Crippen molar-refractivity contribution in [2.45, 2.75) is 23.4 Å². The zero-order valence-electron chi connectivity index (χ0n) is 13.5. The quantitative estimate of drug-likeness (QED) is 0.401. The number of benzene rings is 2. The summed E-state index contributed by atoms with van der Waals surface area (Å²) in [6.07, 6.45) is 1.34. The molecule has 0 radical (unpaired) electrons. The smallest absolute Gasteiger partial charge is 0.343 e. The van der Waals surface area contributed by atoms with Gasteiger partial charge < -0.3 is 5.32 Å². The molecule has 0 fully saturated rings. The average Bonchev–Trinajstić information content (AvgIpc) is 2.62. The van der Waals surface area contributed by atoms with Crippen molar-refractivity contribution in [3.05, 3.63) is 82.2 Å². The molecular weight excluding hydrogens is 336 g/mol. The molecule has 0 aliphatic heterocycles. The largest absolute Gasteiger partial charge is 0.360 e. The second kappa shape index (κ2) is 7.76. The number of hydrogen-bond donors (Lipinski definition) is 1. The van der Waals surface area contributed by atoms with Crippen molar-refractivity contribution in [3.63, 3.8) is 0 Å². The highest BCUT2D eigenvalue weighted by Gasteiger charge is 2.23. The third kappa shape index (κ3) is 4.33. The highest BCUT2D eigenvalue weighted by molar-refractivity contribution is 7.99. The van der Waals surface area contributed by atoms with Crippen LogP contribution in [0.5, 0.6) is 0 Å². The zero-order valence-corrected chi connectivity index (χ0v) is 14.4. The molecule has 1 N–H and O–H groups in total. The molecule has 1 aromatic heterocycles. The Balaban J connectivity index is 1.86. The van der Waals surface area contributed by atoms with Crippen molar-refractivity contribution in [2.75, 3.05) is 5.32 Å². The average molecular weight is 352 g/mol. The highest BCUT2D eigenvalue weighted by Crippen LogP contribution is 2.36. The lowest BCUT2D eigenvalue weighted by Gasteiger charge is -2.08. The lowest BCUT2D eigenvalue weighted by atomic mass is 10.2. The van der Waals surface area contributed by atoms with Crippen molar-refractivity contribution in [2.24, 2.45) is 0 Å². The first-order valence-electron chi connectivity index (χ1n) is 7.65. The number of aromatic nitrogens is 2. The fraction of sp³-hybridized carbons (Fsp3) is 0.111. The predicted molar refractivity (Wildman–Crippen MR) is 97.8 cm³/mol. The molecule has 0 atom stereocenters. The van der Waals surface area contributed by atoms with Crippen molar-refractivity contribution >= 4 is 23.3 Å². The number of nitrogens with one attached hydrogen (secondary N) is 1. The highest BCUT2D eigenvalue weighted by atomic mass is 32.2. The Morgan fingerprint density at radius 3 is 2.48 bits per heavy atom. The standard InChI is InChI=1S/C18H16N4O2S/c1-13-7-9-15(10-8-13)25-18-16(22(23)24)17(20-12-21-18)19-11-14-5-3-2-4-6-14/h2-10,12H,11H2,1H3,(H,19,20,21). The van der Waals surface area contributed by atoms with Crippen LogP contribution in [-0.4, -0.2) is 14.9 Å². The molecule has 0 bridgehead atoms. The molecule has 0 aliphatic rings. The molecule has 0 saturated carbocycles. The van der Waals surface area contributed by atoms with E-state index in [9.17, 15) is 10.1 Å². The molecular formula is C18H16N4O2S. The Hall–Kier alpha value is -2.93. The Bertz CT molecular complexity index is 870. The minimum absolute atomic E-state index is 0.107. The third-order valence-electron chi connectivity index (χ3n) is 3.51. The molecule has 6 nitrogen and oxygen atoms in total. The van der Waals surface area contributed by atoms with Gasteiger partial charge in [-0.25, -0.2) is 9.97 Å². The van der Waals surface area contributed by atoms with Crippen LogP contribution in [0.3, 0.4) is 0 Å². The van der Waals surface area contributed by atoms with Gasteiger partial charge in [0.1, 0.15) is 6.33 Å². The number of anilines is 1. The van der Waals surface area contributed by atoms with E-state index in [2.05, 4.69) is 15.3 Å². The number of nitrogens with zero attached hydrogens (tertiary/aromatic N) is 3. The normalized spacial score (nSPS) is 10.4. The molecule has 7 heteroatoms. The SMILES string of the molecule is Cc1ccc(Sc2ncnc(NCc3ccccc3)c2[N+](=O)[O-])cc1. The monoisotopic (exact) mass is 352 g/mol. The van der Waals surface area contributed by atoms with Gasteiger partial charge in [-0.3, -0.25) is 10.1 Å². The van der Waals surface area contributed by atoms with Crippen LogP contribution in [0.15, 0.2) is 70.8 Å². The summed E-state index contributed by atoms with van der Waals surface area (Å²) in [6, 6.07) is 17.4. The van der Waals surface area contributed by atoms with E-state index < -0.39 is 4.92 Å². The first-order valence-corrected chi connectivity index (χ1v) is 8.47. The van der Waals surface area contributed by atoms with Gasteiger partial charge in [0.05, 0.1) is 4.92 Å². The van der Waals surface area contributed by atoms with E-state index in [1.165, 1.54) is 18.1 Å². The summed E-state index contributed by atoms with van der Waals surface area (Å²) in [5.74, 6) is 0.221. The molecule has 1 heterocycles. The molecule has 0 saturated heterocycles. The van der Waals surface area contributed by atoms with Crippen LogP contribution in [0.4, 0.5) is 11.5 Å². The summed E-state index contributed by atoms with van der Waals surface area (Å²) in [5.41, 5.74) is 2.04. The van der Waals surface area contributed by atoms with E-state index in [-0.39, 0.29) is 11.5 Å². The summed E-state index contributed by atoms with van der Waals surface area (Å²) >= 11 is 1.25. The molecule has 25 heavy (non-hydrogen) atoms. The Morgan fingerprint density at radius 1 is 1.08 bits per heavy atom. The molecule has 3 aromatic rings. The van der Waals surface area contributed by atoms with Gasteiger partial charge in [0.25, 0.3) is 0 Å². The molecule has 0 spiro atoms. The summed E-state index contributed by atoms with van der Waals surface area (Å²) in [6.45, 7) is 2.44. The summed E-state index contributed by atoms with van der Waals surface area (Å²) in [4.78, 5) is 20.2. The van der Waals surface area contributed by atoms with Gasteiger partial charge in [-0.15, -0.1) is 0 Å². The molecule has 0 unspecified atom stereocenters. The van der Waals surface area contributed by atoms with Gasteiger partial charge in [0.15, 0.2) is 5.03 Å². The van der Waals surface area contributed by atoms with Crippen LogP contribution >= 0.6 is 11.8 Å². The lowest BCUT2D eigenvalue weighted by molar-refractivity contribution is -0.387. The van der Waals surface area contributed by atoms with Crippen LogP contribution in [-0.2, 0) is 6.54 Å². The molecule has 0 amide bonds. The number of aryl methyl sites for hydroxylation is 1. The van der Waals surface area contributed by atoms with Gasteiger partial charge >= 0.3 is 5.69 Å². The summed E-state index contributed by atoms with van der Waals surface area (Å²) in [7, 11) is 0. The maximum atomic E-state index is 11.6. The van der Waals surface area contributed by atoms with E-state index in [1.54, 1.807) is 0 Å². The van der Waals surface area contributed by atoms with Crippen LogP contribution in [0, 0.1) is 17.0 Å². The van der Waals surface area contributed by atoms with Gasteiger partial charge in [0, 0.05) is 11.4 Å². The van der Waals surface area contributed by atoms with E-state index in [0.717, 1.165) is 16.0 Å². The van der Waals surface area contributed by atoms with E-state index in [4.69, 9.17) is 0 Å². The molecule has 3 rings (SSSR count). The van der Waals surface area contributed by atoms with Crippen molar-refractivity contribution in [3.8, 4) is 0 Å². The van der Waals surface area contributed by atoms with Gasteiger partial charge in [0.2, 0.25) is 5.82 Å². The van der Waals surface area contributed by atoms with E-state index in [0.29, 0.717) is 11.6 Å². The maximum Gasteiger partial charge on any atom is 0.343 e. The van der Waals surface area contributed by atoms with Crippen molar-refractivity contribution in [1.82, 2.24) is 9.97 Å². The number of nitro groups is 1.